The highest BCUT2D eigenvalue weighted by Crippen LogP contribution is 2.25. The molecule has 2 aliphatic heterocycles. The second kappa shape index (κ2) is 9.37. The molecule has 0 aromatic rings. The van der Waals surface area contributed by atoms with Crippen molar-refractivity contribution in [1.29, 1.82) is 0 Å². The average Bonchev–Trinajstić information content (AvgIpc) is 3.29. The molecule has 12 nitrogen and oxygen atoms in total. The Hall–Kier alpha value is -3.44. The second-order valence-corrected chi connectivity index (χ2v) is 7.51. The quantitative estimate of drug-likeness (QED) is 0.290. The Morgan fingerprint density at radius 3 is 1.00 bits per heavy atom. The zero-order chi connectivity index (χ0) is 22.6. The third kappa shape index (κ3) is 5.13. The zero-order valence-corrected chi connectivity index (χ0v) is 16.4. The molecular formula is C18H26N6O6. The number of hydrogen-bond acceptors (Lipinski definition) is 6. The van der Waals surface area contributed by atoms with Crippen LogP contribution < -0.4 is 22.9 Å². The Morgan fingerprint density at radius 1 is 0.567 bits per heavy atom. The highest BCUT2D eigenvalue weighted by atomic mass is 16.2. The van der Waals surface area contributed by atoms with E-state index in [-0.39, 0.29) is 50.8 Å². The fourth-order valence-corrected chi connectivity index (χ4v) is 3.79. The Kier molecular flexibility index (Phi) is 7.14. The number of nitrogens with two attached hydrogens (primary N) is 4. The molecule has 2 aliphatic rings. The molecule has 164 valence electrons. The molecule has 2 rings (SSSR count). The summed E-state index contributed by atoms with van der Waals surface area (Å²) >= 11 is 0. The van der Waals surface area contributed by atoms with Gasteiger partial charge >= 0.3 is 0 Å². The topological polar surface area (TPSA) is 213 Å². The van der Waals surface area contributed by atoms with E-state index >= 15 is 0 Å². The molecule has 0 unspecified atom stereocenters. The molecule has 2 fully saturated rings. The van der Waals surface area contributed by atoms with E-state index in [4.69, 9.17) is 22.9 Å². The summed E-state index contributed by atoms with van der Waals surface area (Å²) in [4.78, 5) is 73.0. The van der Waals surface area contributed by atoms with Gasteiger partial charge in [-0.15, -0.1) is 0 Å². The third-order valence-electron chi connectivity index (χ3n) is 5.56. The highest BCUT2D eigenvalue weighted by Gasteiger charge is 2.42. The average molecular weight is 422 g/mol. The summed E-state index contributed by atoms with van der Waals surface area (Å²) in [5, 5.41) is 0. The molecule has 6 amide bonds. The maximum atomic E-state index is 12.3. The van der Waals surface area contributed by atoms with Gasteiger partial charge in [-0.3, -0.25) is 28.8 Å². The first kappa shape index (κ1) is 22.8. The van der Waals surface area contributed by atoms with E-state index in [0.29, 0.717) is 0 Å². The lowest BCUT2D eigenvalue weighted by Gasteiger charge is -2.15. The zero-order valence-electron chi connectivity index (χ0n) is 16.4. The largest absolute Gasteiger partial charge is 0.369 e. The van der Waals surface area contributed by atoms with Gasteiger partial charge in [0, 0.05) is 39.0 Å². The van der Waals surface area contributed by atoms with E-state index in [0.717, 1.165) is 0 Å². The van der Waals surface area contributed by atoms with Crippen LogP contribution in [0.1, 0.15) is 12.8 Å². The summed E-state index contributed by atoms with van der Waals surface area (Å²) in [5.41, 5.74) is 21.0. The van der Waals surface area contributed by atoms with Gasteiger partial charge in [0.05, 0.1) is 23.7 Å². The van der Waals surface area contributed by atoms with Gasteiger partial charge in [-0.25, -0.2) is 0 Å². The highest BCUT2D eigenvalue weighted by molar-refractivity contribution is 5.90. The molecule has 0 saturated carbocycles. The number of amides is 6. The summed E-state index contributed by atoms with van der Waals surface area (Å²) in [6.07, 6.45) is 2.89. The molecule has 0 aromatic carbocycles. The standard InChI is InChI=1S/C18H26N6O6/c19-15(27)9-5-23(6-10(9)16(20)28)13(25)3-1-2-4-14(26)24-7-11(17(21)29)12(8-24)18(22)30/h1-2,9-12H,3-8H2,(H2,19,27)(H2,20,28)(H2,21,29)(H2,22,30)/b2-1+/t9-,10-,11-,12-/m1/s1. The van der Waals surface area contributed by atoms with Gasteiger partial charge in [-0.2, -0.15) is 0 Å². The van der Waals surface area contributed by atoms with E-state index in [1.165, 1.54) is 22.0 Å². The van der Waals surface area contributed by atoms with Crippen molar-refractivity contribution in [2.45, 2.75) is 12.8 Å². The van der Waals surface area contributed by atoms with Crippen LogP contribution in [0, 0.1) is 23.7 Å². The lowest BCUT2D eigenvalue weighted by molar-refractivity contribution is -0.131. The summed E-state index contributed by atoms with van der Waals surface area (Å²) < 4.78 is 0. The molecule has 0 aliphatic carbocycles. The van der Waals surface area contributed by atoms with Crippen LogP contribution in [0.5, 0.6) is 0 Å². The number of nitrogens with zero attached hydrogens (tertiary/aromatic N) is 2. The van der Waals surface area contributed by atoms with Crippen molar-refractivity contribution in [1.82, 2.24) is 9.80 Å². The molecule has 30 heavy (non-hydrogen) atoms. The van der Waals surface area contributed by atoms with Crippen molar-refractivity contribution in [3.05, 3.63) is 12.2 Å². The Morgan fingerprint density at radius 2 is 0.800 bits per heavy atom. The van der Waals surface area contributed by atoms with Crippen LogP contribution in [0.3, 0.4) is 0 Å². The fraction of sp³-hybridized carbons (Fsp3) is 0.556. The molecule has 4 atom stereocenters. The Bertz CT molecular complexity index is 688. The number of primary amides is 4. The predicted molar refractivity (Wildman–Crippen MR) is 102 cm³/mol. The Labute approximate surface area is 172 Å². The van der Waals surface area contributed by atoms with Crippen molar-refractivity contribution >= 4 is 35.4 Å². The minimum absolute atomic E-state index is 0.0192. The van der Waals surface area contributed by atoms with E-state index in [9.17, 15) is 28.8 Å². The fourth-order valence-electron chi connectivity index (χ4n) is 3.79. The van der Waals surface area contributed by atoms with Gasteiger partial charge in [-0.1, -0.05) is 12.2 Å². The molecule has 8 N–H and O–H groups in total. The number of carbonyl (C=O) groups is 6. The molecule has 0 radical (unpaired) electrons. The molecule has 12 heteroatoms. The first-order chi connectivity index (χ1) is 14.0. The summed E-state index contributed by atoms with van der Waals surface area (Å²) in [7, 11) is 0. The molecule has 0 bridgehead atoms. The molecule has 0 aromatic heterocycles. The van der Waals surface area contributed by atoms with Crippen LogP contribution in [-0.4, -0.2) is 71.4 Å². The van der Waals surface area contributed by atoms with Gasteiger partial charge in [0.2, 0.25) is 35.4 Å². The van der Waals surface area contributed by atoms with Gasteiger partial charge < -0.3 is 32.7 Å². The maximum absolute atomic E-state index is 12.3. The summed E-state index contributed by atoms with van der Waals surface area (Å²) in [6.45, 7) is 0.0767. The summed E-state index contributed by atoms with van der Waals surface area (Å²) in [6, 6.07) is 0. The SMILES string of the molecule is NC(=O)[C@@H]1CN(C(=O)C/C=C/CC(=O)N2C[C@@H](C(N)=O)[C@H](C(N)=O)C2)C[C@H]1C(N)=O. The van der Waals surface area contributed by atoms with E-state index in [1.54, 1.807) is 0 Å². The van der Waals surface area contributed by atoms with Crippen molar-refractivity contribution in [2.24, 2.45) is 46.6 Å². The van der Waals surface area contributed by atoms with E-state index < -0.39 is 47.3 Å². The minimum Gasteiger partial charge on any atom is -0.369 e. The predicted octanol–water partition coefficient (Wildman–Crippen LogP) is -3.59. The normalized spacial score (nSPS) is 26.1. The van der Waals surface area contributed by atoms with Crippen molar-refractivity contribution in [3.8, 4) is 0 Å². The van der Waals surface area contributed by atoms with Crippen molar-refractivity contribution < 1.29 is 28.8 Å². The third-order valence-corrected chi connectivity index (χ3v) is 5.56. The van der Waals surface area contributed by atoms with Gasteiger partial charge in [0.15, 0.2) is 0 Å². The van der Waals surface area contributed by atoms with Crippen LogP contribution in [-0.2, 0) is 28.8 Å². The number of likely N-dealkylation sites (tertiary alicyclic amines) is 2. The van der Waals surface area contributed by atoms with Crippen LogP contribution in [0.15, 0.2) is 12.2 Å². The van der Waals surface area contributed by atoms with Crippen LogP contribution in [0.25, 0.3) is 0 Å². The molecule has 2 heterocycles. The van der Waals surface area contributed by atoms with Crippen molar-refractivity contribution in [2.75, 3.05) is 26.2 Å². The minimum atomic E-state index is -0.816. The second-order valence-electron chi connectivity index (χ2n) is 7.51. The van der Waals surface area contributed by atoms with Crippen LogP contribution >= 0.6 is 0 Å². The number of carbonyl (C=O) groups excluding carboxylic acids is 6. The van der Waals surface area contributed by atoms with Gasteiger partial charge in [-0.05, 0) is 0 Å². The molecular weight excluding hydrogens is 396 g/mol. The number of rotatable bonds is 8. The smallest absolute Gasteiger partial charge is 0.226 e. The van der Waals surface area contributed by atoms with Crippen LogP contribution in [0.2, 0.25) is 0 Å². The van der Waals surface area contributed by atoms with Gasteiger partial charge in [0.25, 0.3) is 0 Å². The Balaban J connectivity index is 1.85. The molecule has 0 spiro atoms. The summed E-state index contributed by atoms with van der Waals surface area (Å²) in [5.74, 6) is -6.70. The van der Waals surface area contributed by atoms with Crippen molar-refractivity contribution in [3.63, 3.8) is 0 Å². The van der Waals surface area contributed by atoms with Gasteiger partial charge in [0.1, 0.15) is 0 Å². The maximum Gasteiger partial charge on any atom is 0.226 e. The molecule has 2 saturated heterocycles. The lowest BCUT2D eigenvalue weighted by Crippen LogP contribution is -2.36. The van der Waals surface area contributed by atoms with E-state index in [1.807, 2.05) is 0 Å². The van der Waals surface area contributed by atoms with E-state index in [2.05, 4.69) is 0 Å². The lowest BCUT2D eigenvalue weighted by atomic mass is 9.95. The van der Waals surface area contributed by atoms with Crippen LogP contribution in [0.4, 0.5) is 0 Å². The first-order valence-corrected chi connectivity index (χ1v) is 9.40. The number of hydrogen-bond donors (Lipinski definition) is 4. The monoisotopic (exact) mass is 422 g/mol. The first-order valence-electron chi connectivity index (χ1n) is 9.40.